The monoisotopic (exact) mass is 413 g/mol. The van der Waals surface area contributed by atoms with Gasteiger partial charge in [0.05, 0.1) is 5.56 Å². The summed E-state index contributed by atoms with van der Waals surface area (Å²) in [5, 5.41) is 0. The van der Waals surface area contributed by atoms with Crippen LogP contribution in [0.25, 0.3) is 0 Å². The van der Waals surface area contributed by atoms with Gasteiger partial charge in [-0.3, -0.25) is 14.6 Å². The molecule has 1 aromatic carbocycles. The quantitative estimate of drug-likeness (QED) is 0.749. The van der Waals surface area contributed by atoms with Crippen molar-refractivity contribution >= 4 is 11.8 Å². The average molecular weight is 413 g/mol. The van der Waals surface area contributed by atoms with Crippen LogP contribution >= 0.6 is 0 Å². The minimum atomic E-state index is -0.861. The normalized spacial score (nSPS) is 19.3. The first kappa shape index (κ1) is 20.4. The Morgan fingerprint density at radius 3 is 2.63 bits per heavy atom. The molecule has 1 aliphatic carbocycles. The predicted molar refractivity (Wildman–Crippen MR) is 107 cm³/mol. The SMILES string of the molecule is O=C(c1ccc(F)cc1F)N1CCCC(N(Cc2cccnc2)C(=O)C2CCC2)C1. The summed E-state index contributed by atoms with van der Waals surface area (Å²) in [6.07, 6.45) is 7.82. The highest BCUT2D eigenvalue weighted by Gasteiger charge is 2.36. The fourth-order valence-corrected chi connectivity index (χ4v) is 4.19. The molecule has 2 fully saturated rings. The molecule has 1 aliphatic heterocycles. The molecule has 2 aromatic rings. The molecular weight excluding hydrogens is 388 g/mol. The van der Waals surface area contributed by atoms with Gasteiger partial charge in [-0.25, -0.2) is 8.78 Å². The molecule has 1 saturated heterocycles. The lowest BCUT2D eigenvalue weighted by Crippen LogP contribution is -2.53. The number of likely N-dealkylation sites (tertiary alicyclic amines) is 1. The molecule has 1 saturated carbocycles. The van der Waals surface area contributed by atoms with Crippen LogP contribution in [0.3, 0.4) is 0 Å². The maximum atomic E-state index is 14.1. The van der Waals surface area contributed by atoms with E-state index in [-0.39, 0.29) is 23.4 Å². The van der Waals surface area contributed by atoms with E-state index in [2.05, 4.69) is 4.98 Å². The minimum Gasteiger partial charge on any atom is -0.336 e. The number of amides is 2. The van der Waals surface area contributed by atoms with Gasteiger partial charge in [0, 0.05) is 50.1 Å². The van der Waals surface area contributed by atoms with E-state index in [0.29, 0.717) is 19.6 Å². The van der Waals surface area contributed by atoms with Crippen molar-refractivity contribution in [1.82, 2.24) is 14.8 Å². The highest BCUT2D eigenvalue weighted by molar-refractivity contribution is 5.94. The fraction of sp³-hybridized carbons (Fsp3) is 0.435. The number of carbonyl (C=O) groups is 2. The second-order valence-corrected chi connectivity index (χ2v) is 8.13. The Kier molecular flexibility index (Phi) is 6.06. The summed E-state index contributed by atoms with van der Waals surface area (Å²) in [7, 11) is 0. The zero-order valence-electron chi connectivity index (χ0n) is 16.8. The minimum absolute atomic E-state index is 0.0438. The molecule has 4 rings (SSSR count). The Hall–Kier alpha value is -2.83. The van der Waals surface area contributed by atoms with Gasteiger partial charge in [-0.1, -0.05) is 12.5 Å². The van der Waals surface area contributed by atoms with E-state index in [1.807, 2.05) is 17.0 Å². The maximum Gasteiger partial charge on any atom is 0.256 e. The number of nitrogens with zero attached hydrogens (tertiary/aromatic N) is 3. The van der Waals surface area contributed by atoms with Gasteiger partial charge in [0.25, 0.3) is 5.91 Å². The molecule has 0 N–H and O–H groups in total. The molecule has 7 heteroatoms. The lowest BCUT2D eigenvalue weighted by molar-refractivity contribution is -0.142. The second kappa shape index (κ2) is 8.90. The van der Waals surface area contributed by atoms with Crippen LogP contribution in [0.2, 0.25) is 0 Å². The molecule has 0 bridgehead atoms. The van der Waals surface area contributed by atoms with Gasteiger partial charge in [0.15, 0.2) is 0 Å². The summed E-state index contributed by atoms with van der Waals surface area (Å²) in [4.78, 5) is 33.6. The number of carbonyl (C=O) groups excluding carboxylic acids is 2. The van der Waals surface area contributed by atoms with Crippen LogP contribution in [0.1, 0.15) is 48.0 Å². The fourth-order valence-electron chi connectivity index (χ4n) is 4.19. The molecule has 0 spiro atoms. The van der Waals surface area contributed by atoms with Crippen molar-refractivity contribution in [2.75, 3.05) is 13.1 Å². The number of hydrogen-bond donors (Lipinski definition) is 0. The Morgan fingerprint density at radius 1 is 1.13 bits per heavy atom. The highest BCUT2D eigenvalue weighted by atomic mass is 19.1. The van der Waals surface area contributed by atoms with Gasteiger partial charge in [0.2, 0.25) is 5.91 Å². The van der Waals surface area contributed by atoms with Gasteiger partial charge >= 0.3 is 0 Å². The Morgan fingerprint density at radius 2 is 1.97 bits per heavy atom. The van der Waals surface area contributed by atoms with Crippen molar-refractivity contribution in [1.29, 1.82) is 0 Å². The highest BCUT2D eigenvalue weighted by Crippen LogP contribution is 2.31. The Labute approximate surface area is 174 Å². The van der Waals surface area contributed by atoms with Crippen LogP contribution in [-0.2, 0) is 11.3 Å². The first-order chi connectivity index (χ1) is 14.5. The van der Waals surface area contributed by atoms with E-state index in [4.69, 9.17) is 0 Å². The second-order valence-electron chi connectivity index (χ2n) is 8.13. The van der Waals surface area contributed by atoms with Crippen molar-refractivity contribution in [3.05, 3.63) is 65.5 Å². The van der Waals surface area contributed by atoms with Crippen LogP contribution in [0.5, 0.6) is 0 Å². The first-order valence-corrected chi connectivity index (χ1v) is 10.5. The van der Waals surface area contributed by atoms with Crippen LogP contribution < -0.4 is 0 Å². The summed E-state index contributed by atoms with van der Waals surface area (Å²) in [6, 6.07) is 6.64. The van der Waals surface area contributed by atoms with Gasteiger partial charge < -0.3 is 9.80 Å². The number of piperidine rings is 1. The average Bonchev–Trinajstić information content (AvgIpc) is 2.71. The van der Waals surface area contributed by atoms with Crippen LogP contribution in [0.4, 0.5) is 8.78 Å². The zero-order chi connectivity index (χ0) is 21.1. The van der Waals surface area contributed by atoms with Crippen LogP contribution in [0, 0.1) is 17.6 Å². The van der Waals surface area contributed by atoms with E-state index in [1.54, 1.807) is 17.3 Å². The smallest absolute Gasteiger partial charge is 0.256 e. The van der Waals surface area contributed by atoms with Gasteiger partial charge in [-0.05, 0) is 49.4 Å². The molecule has 2 heterocycles. The molecular formula is C23H25F2N3O2. The number of halogens is 2. The number of rotatable bonds is 5. The third kappa shape index (κ3) is 4.35. The van der Waals surface area contributed by atoms with Crippen molar-refractivity contribution in [2.24, 2.45) is 5.92 Å². The molecule has 158 valence electrons. The Bertz CT molecular complexity index is 918. The molecule has 1 unspecified atom stereocenters. The molecule has 2 amide bonds. The molecule has 0 radical (unpaired) electrons. The summed E-state index contributed by atoms with van der Waals surface area (Å²) >= 11 is 0. The number of pyridine rings is 1. The zero-order valence-corrected chi connectivity index (χ0v) is 16.8. The van der Waals surface area contributed by atoms with E-state index < -0.39 is 17.5 Å². The largest absolute Gasteiger partial charge is 0.336 e. The molecule has 5 nitrogen and oxygen atoms in total. The van der Waals surface area contributed by atoms with Crippen LogP contribution in [-0.4, -0.2) is 45.7 Å². The number of benzene rings is 1. The number of aromatic nitrogens is 1. The lowest BCUT2D eigenvalue weighted by atomic mass is 9.83. The van der Waals surface area contributed by atoms with Crippen molar-refractivity contribution in [3.63, 3.8) is 0 Å². The van der Waals surface area contributed by atoms with E-state index in [1.165, 1.54) is 6.07 Å². The number of hydrogen-bond acceptors (Lipinski definition) is 3. The van der Waals surface area contributed by atoms with Gasteiger partial charge in [-0.15, -0.1) is 0 Å². The van der Waals surface area contributed by atoms with Crippen molar-refractivity contribution in [2.45, 2.75) is 44.7 Å². The predicted octanol–water partition coefficient (Wildman–Crippen LogP) is 3.79. The molecule has 30 heavy (non-hydrogen) atoms. The molecule has 1 atom stereocenters. The summed E-state index contributed by atoms with van der Waals surface area (Å²) < 4.78 is 27.3. The maximum absolute atomic E-state index is 14.1. The van der Waals surface area contributed by atoms with E-state index in [0.717, 1.165) is 49.8 Å². The topological polar surface area (TPSA) is 53.5 Å². The van der Waals surface area contributed by atoms with Gasteiger partial charge in [-0.2, -0.15) is 0 Å². The third-order valence-electron chi connectivity index (χ3n) is 6.10. The summed E-state index contributed by atoms with van der Waals surface area (Å²) in [6.45, 7) is 1.28. The first-order valence-electron chi connectivity index (χ1n) is 10.5. The lowest BCUT2D eigenvalue weighted by Gasteiger charge is -2.42. The Balaban J connectivity index is 1.53. The molecule has 2 aliphatic rings. The van der Waals surface area contributed by atoms with E-state index in [9.17, 15) is 18.4 Å². The summed E-state index contributed by atoms with van der Waals surface area (Å²) in [5.41, 5.74) is 0.805. The third-order valence-corrected chi connectivity index (χ3v) is 6.10. The summed E-state index contributed by atoms with van der Waals surface area (Å²) in [5.74, 6) is -1.87. The van der Waals surface area contributed by atoms with Crippen molar-refractivity contribution in [3.8, 4) is 0 Å². The van der Waals surface area contributed by atoms with Gasteiger partial charge in [0.1, 0.15) is 11.6 Å². The van der Waals surface area contributed by atoms with Crippen LogP contribution in [0.15, 0.2) is 42.7 Å². The molecule has 1 aromatic heterocycles. The van der Waals surface area contributed by atoms with Crippen molar-refractivity contribution < 1.29 is 18.4 Å². The standard InChI is InChI=1S/C23H25F2N3O2/c24-18-8-9-20(21(25)12-18)23(30)27-11-3-7-19(15-27)28(22(29)17-5-1-6-17)14-16-4-2-10-26-13-16/h2,4,8-10,12-13,17,19H,1,3,5-7,11,14-15H2. The van der Waals surface area contributed by atoms with E-state index >= 15 is 0 Å².